The Balaban J connectivity index is -0.00000184. The largest absolute Gasteiger partial charge is 0.449 e. The lowest BCUT2D eigenvalue weighted by Gasteiger charge is -2.17. The number of aliphatic imine (C=N–C) groups is 1. The zero-order valence-electron chi connectivity index (χ0n) is 19.4. The molecule has 0 aliphatic carbocycles. The summed E-state index contributed by atoms with van der Waals surface area (Å²) in [5.41, 5.74) is 10.4. The lowest BCUT2D eigenvalue weighted by Crippen LogP contribution is -2.50. The van der Waals surface area contributed by atoms with Crippen LogP contribution in [0.25, 0.3) is 0 Å². The quantitative estimate of drug-likeness (QED) is 0.0968. The van der Waals surface area contributed by atoms with Crippen LogP contribution in [-0.2, 0) is 19.1 Å². The Labute approximate surface area is 184 Å². The molecule has 0 rings (SSSR count). The molecule has 0 saturated heterocycles. The highest BCUT2D eigenvalue weighted by Crippen LogP contribution is 1.97. The van der Waals surface area contributed by atoms with Crippen LogP contribution in [0.2, 0.25) is 0 Å². The molecule has 0 heterocycles. The van der Waals surface area contributed by atoms with Gasteiger partial charge in [-0.3, -0.25) is 14.6 Å². The van der Waals surface area contributed by atoms with Gasteiger partial charge < -0.3 is 42.1 Å². The molecule has 0 aromatic carbocycles. The van der Waals surface area contributed by atoms with Crippen LogP contribution >= 0.6 is 0 Å². The van der Waals surface area contributed by atoms with Crippen molar-refractivity contribution in [2.75, 3.05) is 26.8 Å². The van der Waals surface area contributed by atoms with Crippen molar-refractivity contribution in [3.63, 3.8) is 0 Å². The molecule has 0 aromatic heterocycles. The summed E-state index contributed by atoms with van der Waals surface area (Å²) in [5, 5.41) is 14.2. The lowest BCUT2D eigenvalue weighted by molar-refractivity contribution is -0.129. The van der Waals surface area contributed by atoms with Crippen LogP contribution < -0.4 is 27.4 Å². The zero-order chi connectivity index (χ0) is 24.8. The van der Waals surface area contributed by atoms with Gasteiger partial charge in [-0.25, -0.2) is 4.79 Å². The van der Waals surface area contributed by atoms with Crippen molar-refractivity contribution in [1.82, 2.24) is 16.0 Å². The van der Waals surface area contributed by atoms with E-state index in [2.05, 4.69) is 20.9 Å². The molecular weight excluding hydrogens is 408 g/mol. The molecule has 0 aliphatic heterocycles. The van der Waals surface area contributed by atoms with Crippen molar-refractivity contribution in [2.45, 2.75) is 59.5 Å². The second-order valence-electron chi connectivity index (χ2n) is 6.34. The van der Waals surface area contributed by atoms with Gasteiger partial charge in [0.2, 0.25) is 11.8 Å². The highest BCUT2D eigenvalue weighted by molar-refractivity contribution is 5.90. The molecule has 0 radical (unpaired) electrons. The van der Waals surface area contributed by atoms with Crippen LogP contribution in [-0.4, -0.2) is 74.1 Å². The first-order chi connectivity index (χ1) is 14.6. The Morgan fingerprint density at radius 1 is 1.10 bits per heavy atom. The summed E-state index contributed by atoms with van der Waals surface area (Å²) in [6.07, 6.45) is 0.757. The minimum atomic E-state index is -0.883. The van der Waals surface area contributed by atoms with Gasteiger partial charge in [-0.2, -0.15) is 0 Å². The van der Waals surface area contributed by atoms with E-state index in [4.69, 9.17) is 21.3 Å². The van der Waals surface area contributed by atoms with E-state index in [-0.39, 0.29) is 25.0 Å². The number of aliphatic hydroxyl groups is 1. The van der Waals surface area contributed by atoms with Crippen LogP contribution in [0.5, 0.6) is 0 Å². The number of nitrogens with zero attached hydrogens (tertiary/aromatic N) is 1. The third kappa shape index (κ3) is 21.6. The Morgan fingerprint density at radius 3 is 2.16 bits per heavy atom. The first kappa shape index (κ1) is 32.8. The van der Waals surface area contributed by atoms with Crippen molar-refractivity contribution >= 4 is 30.2 Å². The smallest absolute Gasteiger partial charge is 0.407 e. The SMILES string of the molecule is CC.CC(C)COC(=O)NCC(=O)N[C@@H](C)C(=O)NC(C=O)CCCN=C(N)N.CO. The first-order valence-corrected chi connectivity index (χ1v) is 10.1. The number of hydrogen-bond acceptors (Lipinski definition) is 7. The van der Waals surface area contributed by atoms with Crippen molar-refractivity contribution in [1.29, 1.82) is 0 Å². The predicted molar refractivity (Wildman–Crippen MR) is 119 cm³/mol. The molecule has 0 aromatic rings. The normalized spacial score (nSPS) is 11.2. The fourth-order valence-electron chi connectivity index (χ4n) is 1.81. The van der Waals surface area contributed by atoms with Gasteiger partial charge in [0.25, 0.3) is 0 Å². The number of nitrogens with two attached hydrogens (primary N) is 2. The first-order valence-electron chi connectivity index (χ1n) is 10.1. The van der Waals surface area contributed by atoms with E-state index in [1.165, 1.54) is 6.92 Å². The number of carbonyl (C=O) groups excluding carboxylic acids is 4. The Bertz CT molecular complexity index is 538. The molecule has 8 N–H and O–H groups in total. The topological polar surface area (TPSA) is 198 Å². The Hall–Kier alpha value is -2.89. The fourth-order valence-corrected chi connectivity index (χ4v) is 1.81. The second-order valence-corrected chi connectivity index (χ2v) is 6.34. The minimum absolute atomic E-state index is 0.0419. The molecule has 182 valence electrons. The molecule has 31 heavy (non-hydrogen) atoms. The van der Waals surface area contributed by atoms with E-state index >= 15 is 0 Å². The minimum Gasteiger partial charge on any atom is -0.449 e. The van der Waals surface area contributed by atoms with Crippen molar-refractivity contribution < 1.29 is 29.0 Å². The number of aliphatic hydroxyl groups excluding tert-OH is 1. The average Bonchev–Trinajstić information content (AvgIpc) is 2.75. The third-order valence-corrected chi connectivity index (χ3v) is 3.17. The van der Waals surface area contributed by atoms with E-state index in [9.17, 15) is 19.2 Å². The number of guanidine groups is 1. The van der Waals surface area contributed by atoms with Crippen LogP contribution in [0.4, 0.5) is 4.79 Å². The van der Waals surface area contributed by atoms with Gasteiger partial charge in [-0.05, 0) is 25.7 Å². The molecule has 0 saturated carbocycles. The maximum absolute atomic E-state index is 12.0. The maximum atomic E-state index is 12.0. The van der Waals surface area contributed by atoms with E-state index in [1.807, 2.05) is 27.7 Å². The number of amides is 3. The predicted octanol–water partition coefficient (Wildman–Crippen LogP) is -0.755. The molecule has 0 spiro atoms. The van der Waals surface area contributed by atoms with Gasteiger partial charge in [0.05, 0.1) is 12.6 Å². The Morgan fingerprint density at radius 2 is 1.68 bits per heavy atom. The summed E-state index contributed by atoms with van der Waals surface area (Å²) in [4.78, 5) is 50.0. The fraction of sp³-hybridized carbons (Fsp3) is 0.737. The summed E-state index contributed by atoms with van der Waals surface area (Å²) in [6, 6.07) is -1.60. The standard InChI is InChI=1S/C16H30N6O5.C2H6.CH4O/c1-10(2)9-27-16(26)20-7-13(24)21-11(3)14(25)22-12(8-23)5-4-6-19-15(17)18;2*1-2/h8,10-12H,4-7,9H2,1-3H3,(H,20,26)(H,21,24)(H,22,25)(H4,17,18,19);1-2H3;2H,1H3/t11-,12?;;/m0../s1. The molecule has 12 nitrogen and oxygen atoms in total. The number of alkyl carbamates (subject to hydrolysis) is 1. The number of aldehydes is 1. The van der Waals surface area contributed by atoms with Gasteiger partial charge in [-0.15, -0.1) is 0 Å². The lowest BCUT2D eigenvalue weighted by atomic mass is 10.1. The van der Waals surface area contributed by atoms with Crippen molar-refractivity contribution in [3.05, 3.63) is 0 Å². The monoisotopic (exact) mass is 448 g/mol. The second kappa shape index (κ2) is 21.8. The number of ether oxygens (including phenoxy) is 1. The molecular formula is C19H40N6O6. The summed E-state index contributed by atoms with van der Waals surface area (Å²) in [5.74, 6) is -0.947. The molecule has 12 heteroatoms. The van der Waals surface area contributed by atoms with Gasteiger partial charge in [0.1, 0.15) is 18.9 Å². The highest BCUT2D eigenvalue weighted by Gasteiger charge is 2.19. The van der Waals surface area contributed by atoms with E-state index in [1.54, 1.807) is 0 Å². The summed E-state index contributed by atoms with van der Waals surface area (Å²) in [7, 11) is 1.00. The van der Waals surface area contributed by atoms with Crippen LogP contribution in [0.15, 0.2) is 4.99 Å². The number of carbonyl (C=O) groups is 4. The molecule has 1 unspecified atom stereocenters. The summed E-state index contributed by atoms with van der Waals surface area (Å²) < 4.78 is 4.86. The average molecular weight is 449 g/mol. The number of nitrogens with one attached hydrogen (secondary N) is 3. The van der Waals surface area contributed by atoms with E-state index < -0.39 is 30.0 Å². The van der Waals surface area contributed by atoms with Gasteiger partial charge in [0.15, 0.2) is 5.96 Å². The number of hydrogen-bond donors (Lipinski definition) is 6. The summed E-state index contributed by atoms with van der Waals surface area (Å²) in [6.45, 7) is 9.48. The van der Waals surface area contributed by atoms with Crippen LogP contribution in [0.1, 0.15) is 47.5 Å². The van der Waals surface area contributed by atoms with Crippen molar-refractivity contribution in [2.24, 2.45) is 22.4 Å². The van der Waals surface area contributed by atoms with Crippen LogP contribution in [0, 0.1) is 5.92 Å². The molecule has 2 atom stereocenters. The molecule has 0 fully saturated rings. The van der Waals surface area contributed by atoms with Gasteiger partial charge in [-0.1, -0.05) is 27.7 Å². The molecule has 3 amide bonds. The Kier molecular flexibility index (Phi) is 23.1. The van der Waals surface area contributed by atoms with Gasteiger partial charge in [0, 0.05) is 13.7 Å². The van der Waals surface area contributed by atoms with E-state index in [0.29, 0.717) is 25.7 Å². The maximum Gasteiger partial charge on any atom is 0.407 e. The van der Waals surface area contributed by atoms with Gasteiger partial charge >= 0.3 is 6.09 Å². The third-order valence-electron chi connectivity index (χ3n) is 3.17. The zero-order valence-corrected chi connectivity index (χ0v) is 19.4. The van der Waals surface area contributed by atoms with Crippen LogP contribution in [0.3, 0.4) is 0 Å². The molecule has 0 bridgehead atoms. The van der Waals surface area contributed by atoms with Crippen molar-refractivity contribution in [3.8, 4) is 0 Å². The highest BCUT2D eigenvalue weighted by atomic mass is 16.5. The number of rotatable bonds is 12. The summed E-state index contributed by atoms with van der Waals surface area (Å²) >= 11 is 0. The van der Waals surface area contributed by atoms with E-state index in [0.717, 1.165) is 7.11 Å². The molecule has 0 aliphatic rings.